The van der Waals surface area contributed by atoms with Gasteiger partial charge < -0.3 is 28.8 Å². The second-order valence-corrected chi connectivity index (χ2v) is 8.44. The molecule has 0 aliphatic rings. The Morgan fingerprint density at radius 2 is 1.16 bits per heavy atom. The zero-order chi connectivity index (χ0) is 36.5. The molecule has 0 aliphatic heterocycles. The van der Waals surface area contributed by atoms with Gasteiger partial charge >= 0.3 is 11.9 Å². The number of hydrogen-bond donors (Lipinski definition) is 1. The topological polar surface area (TPSA) is 101 Å². The minimum absolute atomic E-state index is 0. The van der Waals surface area contributed by atoms with Gasteiger partial charge in [0.2, 0.25) is 0 Å². The standard InChI is InChI=1S/C17H18O4.C16H16O4.CH3I.CH4/c1-3-20-17(18)14-9-10-15(16(11-14)19-2)21-12-13-7-5-4-6-8-13;1-2-19-16(18)13-8-9-15(14(17)10-13)20-11-12-6-4-3-5-7-12;1-2;/h4-11H,3,12H2,1-2H3;3-10,17H,2,11H2,1H3;1H3;1H4/i2D3;;1D3;. The smallest absolute Gasteiger partial charge is 0.338 e. The van der Waals surface area contributed by atoms with Crippen LogP contribution in [0.2, 0.25) is 0 Å². The second-order valence-electron chi connectivity index (χ2n) is 8.44. The number of halogens is 1. The molecule has 8 nitrogen and oxygen atoms in total. The monoisotopic (exact) mass is 722 g/mol. The summed E-state index contributed by atoms with van der Waals surface area (Å²) < 4.78 is 66.4. The van der Waals surface area contributed by atoms with Crippen molar-refractivity contribution in [1.29, 1.82) is 0 Å². The Morgan fingerprint density at radius 1 is 0.705 bits per heavy atom. The molecule has 0 radical (unpaired) electrons. The van der Waals surface area contributed by atoms with Crippen molar-refractivity contribution in [1.82, 2.24) is 0 Å². The summed E-state index contributed by atoms with van der Waals surface area (Å²) in [7, 11) is -2.65. The molecule has 0 spiro atoms. The van der Waals surface area contributed by atoms with Gasteiger partial charge in [-0.1, -0.05) is 90.7 Å². The lowest BCUT2D eigenvalue weighted by atomic mass is 10.2. The molecule has 0 bridgehead atoms. The molecule has 0 aliphatic carbocycles. The zero-order valence-electron chi connectivity index (χ0n) is 29.7. The maximum atomic E-state index is 11.8. The van der Waals surface area contributed by atoms with E-state index in [4.69, 9.17) is 31.9 Å². The van der Waals surface area contributed by atoms with Crippen molar-refractivity contribution in [3.8, 4) is 23.0 Å². The van der Waals surface area contributed by atoms with Crippen LogP contribution in [0.1, 0.15) is 61.3 Å². The summed E-state index contributed by atoms with van der Waals surface area (Å²) in [6.45, 7) is 4.54. The van der Waals surface area contributed by atoms with Gasteiger partial charge in [0.1, 0.15) is 13.2 Å². The highest BCUT2D eigenvalue weighted by Gasteiger charge is 2.12. The fourth-order valence-corrected chi connectivity index (χ4v) is 3.50. The van der Waals surface area contributed by atoms with E-state index in [-0.39, 0.29) is 43.5 Å². The summed E-state index contributed by atoms with van der Waals surface area (Å²) in [5.41, 5.74) is 2.42. The summed E-state index contributed by atoms with van der Waals surface area (Å²) >= 11 is 1.38. The maximum absolute atomic E-state index is 11.8. The van der Waals surface area contributed by atoms with E-state index >= 15 is 0 Å². The summed E-state index contributed by atoms with van der Waals surface area (Å²) in [6.07, 6.45) is 0. The predicted molar refractivity (Wildman–Crippen MR) is 181 cm³/mol. The van der Waals surface area contributed by atoms with E-state index in [1.165, 1.54) is 46.9 Å². The lowest BCUT2D eigenvalue weighted by Gasteiger charge is -2.12. The van der Waals surface area contributed by atoms with Gasteiger partial charge in [0.25, 0.3) is 0 Å². The van der Waals surface area contributed by atoms with E-state index in [0.29, 0.717) is 24.5 Å². The molecule has 4 aromatic carbocycles. The molecule has 4 rings (SSSR count). The van der Waals surface area contributed by atoms with E-state index in [0.717, 1.165) is 11.1 Å². The van der Waals surface area contributed by atoms with Gasteiger partial charge in [0.05, 0.1) is 35.5 Å². The lowest BCUT2D eigenvalue weighted by molar-refractivity contribution is 0.0516. The molecule has 0 atom stereocenters. The van der Waals surface area contributed by atoms with Gasteiger partial charge in [-0.15, -0.1) is 0 Å². The third-order valence-corrected chi connectivity index (χ3v) is 5.51. The van der Waals surface area contributed by atoms with Crippen LogP contribution in [0.3, 0.4) is 0 Å². The summed E-state index contributed by atoms with van der Waals surface area (Å²) in [4.78, 5) is 21.5. The van der Waals surface area contributed by atoms with E-state index in [9.17, 15) is 14.7 Å². The third-order valence-electron chi connectivity index (χ3n) is 5.51. The van der Waals surface area contributed by atoms with E-state index in [2.05, 4.69) is 0 Å². The normalized spacial score (nSPS) is 12.1. The number of rotatable bonds is 11. The number of aromatic hydroxyl groups is 1. The van der Waals surface area contributed by atoms with Crippen molar-refractivity contribution in [2.75, 3.05) is 25.1 Å². The molecule has 4 aromatic rings. The van der Waals surface area contributed by atoms with Crippen molar-refractivity contribution in [3.63, 3.8) is 0 Å². The SMILES string of the molecule is C.CCOC(=O)c1ccc(OCc2ccccc2)c(O)c1.[2H]C([2H])([2H])I.[2H]C([2H])([2H])Oc1cc(C(=O)OCC)ccc1OCc1ccccc1. The van der Waals surface area contributed by atoms with Gasteiger partial charge in [-0.05, 0) is 66.2 Å². The molecule has 236 valence electrons. The summed E-state index contributed by atoms with van der Waals surface area (Å²) in [5.74, 6) is -0.548. The first-order valence-electron chi connectivity index (χ1n) is 16.1. The number of methoxy groups -OCH3 is 1. The molecule has 0 amide bonds. The second kappa shape index (κ2) is 21.4. The fraction of sp³-hybridized carbons (Fsp3) is 0.257. The Labute approximate surface area is 282 Å². The number of esters is 2. The van der Waals surface area contributed by atoms with Crippen molar-refractivity contribution < 1.29 is 46.6 Å². The van der Waals surface area contributed by atoms with Gasteiger partial charge in [-0.25, -0.2) is 9.59 Å². The number of carbonyl (C=O) groups is 2. The van der Waals surface area contributed by atoms with Crippen LogP contribution in [0.15, 0.2) is 97.1 Å². The number of carbonyl (C=O) groups excluding carboxylic acids is 2. The van der Waals surface area contributed by atoms with Crippen LogP contribution in [-0.4, -0.2) is 42.2 Å². The molecular weight excluding hydrogens is 675 g/mol. The quantitative estimate of drug-likeness (QED) is 0.0939. The molecule has 0 unspecified atom stereocenters. The van der Waals surface area contributed by atoms with Crippen LogP contribution in [-0.2, 0) is 22.7 Å². The van der Waals surface area contributed by atoms with Crippen molar-refractivity contribution >= 4 is 34.5 Å². The maximum Gasteiger partial charge on any atom is 0.338 e. The van der Waals surface area contributed by atoms with Gasteiger partial charge in [0.15, 0.2) is 23.0 Å². The van der Waals surface area contributed by atoms with Crippen LogP contribution in [0.5, 0.6) is 23.0 Å². The summed E-state index contributed by atoms with van der Waals surface area (Å²) in [5, 5.41) is 9.85. The zero-order valence-corrected chi connectivity index (χ0v) is 25.9. The van der Waals surface area contributed by atoms with E-state index < -0.39 is 23.8 Å². The molecule has 9 heteroatoms. The molecule has 44 heavy (non-hydrogen) atoms. The number of hydrogen-bond acceptors (Lipinski definition) is 8. The average Bonchev–Trinajstić information content (AvgIpc) is 3.03. The average molecular weight is 723 g/mol. The van der Waals surface area contributed by atoms with E-state index in [1.807, 2.05) is 60.7 Å². The number of alkyl halides is 1. The molecular formula is C35H41IO8. The van der Waals surface area contributed by atoms with Crippen molar-refractivity contribution in [3.05, 3.63) is 119 Å². The number of phenolic OH excluding ortho intramolecular Hbond substituents is 1. The highest BCUT2D eigenvalue weighted by atomic mass is 127. The molecule has 0 aromatic heterocycles. The predicted octanol–water partition coefficient (Wildman–Crippen LogP) is 8.29. The van der Waals surface area contributed by atoms with Gasteiger partial charge in [-0.2, -0.15) is 0 Å². The van der Waals surface area contributed by atoms with E-state index in [1.54, 1.807) is 26.0 Å². The largest absolute Gasteiger partial charge is 0.504 e. The Morgan fingerprint density at radius 3 is 1.61 bits per heavy atom. The Balaban J connectivity index is 0.000000438. The van der Waals surface area contributed by atoms with Crippen LogP contribution < -0.4 is 14.2 Å². The highest BCUT2D eigenvalue weighted by Crippen LogP contribution is 2.29. The Hall–Kier alpha value is -4.25. The minimum Gasteiger partial charge on any atom is -0.504 e. The van der Waals surface area contributed by atoms with Crippen LogP contribution in [0.4, 0.5) is 0 Å². The van der Waals surface area contributed by atoms with Crippen LogP contribution in [0, 0.1) is 0 Å². The molecule has 0 saturated carbocycles. The third kappa shape index (κ3) is 12.5. The lowest BCUT2D eigenvalue weighted by Crippen LogP contribution is -2.05. The van der Waals surface area contributed by atoms with Crippen LogP contribution >= 0.6 is 22.6 Å². The first kappa shape index (κ1) is 28.5. The fourth-order valence-electron chi connectivity index (χ4n) is 3.50. The van der Waals surface area contributed by atoms with Crippen molar-refractivity contribution in [2.24, 2.45) is 0 Å². The number of phenols is 1. The first-order valence-corrected chi connectivity index (χ1v) is 14.2. The number of benzene rings is 4. The minimum atomic E-state index is -2.65. The van der Waals surface area contributed by atoms with Gasteiger partial charge in [0, 0.05) is 4.11 Å². The first-order chi connectivity index (χ1) is 23.1. The van der Waals surface area contributed by atoms with Crippen molar-refractivity contribution in [2.45, 2.75) is 34.5 Å². The summed E-state index contributed by atoms with van der Waals surface area (Å²) in [6, 6.07) is 27.8. The highest BCUT2D eigenvalue weighted by molar-refractivity contribution is 14.1. The number of ether oxygens (including phenoxy) is 5. The Bertz CT molecular complexity index is 1590. The van der Waals surface area contributed by atoms with Crippen LogP contribution in [0.25, 0.3) is 0 Å². The molecule has 1 N–H and O–H groups in total. The molecule has 0 saturated heterocycles. The molecule has 0 heterocycles. The molecule has 0 fully saturated rings. The van der Waals surface area contributed by atoms with Gasteiger partial charge in [-0.3, -0.25) is 0 Å². The Kier molecular flexibility index (Phi) is 13.9.